The summed E-state index contributed by atoms with van der Waals surface area (Å²) in [5.41, 5.74) is 1.05. The van der Waals surface area contributed by atoms with Gasteiger partial charge in [0, 0.05) is 31.3 Å². The zero-order valence-electron chi connectivity index (χ0n) is 15.5. The molecule has 1 aliphatic rings. The molecule has 2 amide bonds. The second kappa shape index (κ2) is 8.24. The number of nitrogens with zero attached hydrogens (tertiary/aromatic N) is 1. The molecule has 0 spiro atoms. The molecule has 3 rings (SSSR count). The van der Waals surface area contributed by atoms with Crippen LogP contribution in [0, 0.1) is 17.6 Å². The van der Waals surface area contributed by atoms with E-state index in [1.54, 1.807) is 18.2 Å². The highest BCUT2D eigenvalue weighted by molar-refractivity contribution is 6.00. The standard InChI is InChI=1S/C20H20F2N2O4/c1-27-17-6-3-12(7-18(17)28-2)10-23-20(26)13-8-19(25)24(11-13)14-4-5-15(21)16(22)9-14/h3-7,9,13H,8,10-11H2,1-2H3,(H,23,26). The van der Waals surface area contributed by atoms with Gasteiger partial charge >= 0.3 is 0 Å². The van der Waals surface area contributed by atoms with Crippen molar-refractivity contribution in [3.63, 3.8) is 0 Å². The summed E-state index contributed by atoms with van der Waals surface area (Å²) in [6.45, 7) is 0.372. The number of ether oxygens (including phenoxy) is 2. The van der Waals surface area contributed by atoms with Crippen LogP contribution in [0.15, 0.2) is 36.4 Å². The second-order valence-electron chi connectivity index (χ2n) is 6.41. The van der Waals surface area contributed by atoms with Gasteiger partial charge in [0.2, 0.25) is 11.8 Å². The van der Waals surface area contributed by atoms with Crippen LogP contribution in [-0.2, 0) is 16.1 Å². The van der Waals surface area contributed by atoms with E-state index in [1.165, 1.54) is 25.2 Å². The van der Waals surface area contributed by atoms with Crippen LogP contribution in [-0.4, -0.2) is 32.6 Å². The lowest BCUT2D eigenvalue weighted by Crippen LogP contribution is -2.32. The molecule has 0 radical (unpaired) electrons. The predicted octanol–water partition coefficient (Wildman–Crippen LogP) is 2.65. The average molecular weight is 390 g/mol. The Kier molecular flexibility index (Phi) is 5.77. The van der Waals surface area contributed by atoms with Gasteiger partial charge in [-0.25, -0.2) is 8.78 Å². The first kappa shape index (κ1) is 19.6. The van der Waals surface area contributed by atoms with Gasteiger partial charge in [0.1, 0.15) is 0 Å². The fourth-order valence-corrected chi connectivity index (χ4v) is 3.11. The van der Waals surface area contributed by atoms with Crippen LogP contribution in [0.5, 0.6) is 11.5 Å². The Morgan fingerprint density at radius 1 is 1.11 bits per heavy atom. The Bertz CT molecular complexity index is 904. The molecule has 28 heavy (non-hydrogen) atoms. The number of amides is 2. The summed E-state index contributed by atoms with van der Waals surface area (Å²) in [5.74, 6) is -2.05. The maximum atomic E-state index is 13.4. The van der Waals surface area contributed by atoms with E-state index in [-0.39, 0.29) is 37.0 Å². The Morgan fingerprint density at radius 2 is 1.86 bits per heavy atom. The molecule has 1 N–H and O–H groups in total. The summed E-state index contributed by atoms with van der Waals surface area (Å²) in [6.07, 6.45) is 0.0107. The van der Waals surface area contributed by atoms with Gasteiger partial charge in [-0.15, -0.1) is 0 Å². The first-order valence-corrected chi connectivity index (χ1v) is 8.67. The predicted molar refractivity (Wildman–Crippen MR) is 98.2 cm³/mol. The minimum atomic E-state index is -1.04. The fraction of sp³-hybridized carbons (Fsp3) is 0.300. The highest BCUT2D eigenvalue weighted by atomic mass is 19.2. The van der Waals surface area contributed by atoms with Crippen molar-refractivity contribution in [3.05, 3.63) is 53.6 Å². The Labute approximate surface area is 161 Å². The number of hydrogen-bond acceptors (Lipinski definition) is 4. The van der Waals surface area contributed by atoms with Crippen LogP contribution in [0.2, 0.25) is 0 Å². The number of hydrogen-bond donors (Lipinski definition) is 1. The van der Waals surface area contributed by atoms with Crippen molar-refractivity contribution in [2.24, 2.45) is 5.92 Å². The monoisotopic (exact) mass is 390 g/mol. The Hall–Kier alpha value is -3.16. The number of nitrogens with one attached hydrogen (secondary N) is 1. The van der Waals surface area contributed by atoms with Crippen LogP contribution < -0.4 is 19.7 Å². The van der Waals surface area contributed by atoms with E-state index >= 15 is 0 Å². The summed E-state index contributed by atoms with van der Waals surface area (Å²) < 4.78 is 36.9. The topological polar surface area (TPSA) is 67.9 Å². The molecular formula is C20H20F2N2O4. The number of carbonyl (C=O) groups is 2. The van der Waals surface area contributed by atoms with Crippen molar-refractivity contribution >= 4 is 17.5 Å². The molecular weight excluding hydrogens is 370 g/mol. The van der Waals surface area contributed by atoms with Crippen LogP contribution >= 0.6 is 0 Å². The molecule has 1 saturated heterocycles. The summed E-state index contributed by atoms with van der Waals surface area (Å²) in [5, 5.41) is 2.79. The van der Waals surface area contributed by atoms with E-state index in [0.29, 0.717) is 11.5 Å². The van der Waals surface area contributed by atoms with E-state index in [4.69, 9.17) is 9.47 Å². The molecule has 0 bridgehead atoms. The van der Waals surface area contributed by atoms with Crippen molar-refractivity contribution in [1.82, 2.24) is 5.32 Å². The van der Waals surface area contributed by atoms with Crippen molar-refractivity contribution in [3.8, 4) is 11.5 Å². The number of anilines is 1. The number of halogens is 2. The molecule has 1 fully saturated rings. The zero-order valence-corrected chi connectivity index (χ0v) is 15.5. The smallest absolute Gasteiger partial charge is 0.227 e. The van der Waals surface area contributed by atoms with Gasteiger partial charge in [0.15, 0.2) is 23.1 Å². The van der Waals surface area contributed by atoms with Gasteiger partial charge in [-0.2, -0.15) is 0 Å². The third-order valence-electron chi connectivity index (χ3n) is 4.63. The van der Waals surface area contributed by atoms with Crippen molar-refractivity contribution in [2.75, 3.05) is 25.7 Å². The lowest BCUT2D eigenvalue weighted by atomic mass is 10.1. The number of carbonyl (C=O) groups excluding carboxylic acids is 2. The molecule has 1 aliphatic heterocycles. The molecule has 8 heteroatoms. The lowest BCUT2D eigenvalue weighted by Gasteiger charge is -2.17. The highest BCUT2D eigenvalue weighted by Crippen LogP contribution is 2.28. The van der Waals surface area contributed by atoms with Crippen LogP contribution in [0.25, 0.3) is 0 Å². The fourth-order valence-electron chi connectivity index (χ4n) is 3.11. The lowest BCUT2D eigenvalue weighted by molar-refractivity contribution is -0.126. The third-order valence-corrected chi connectivity index (χ3v) is 4.63. The van der Waals surface area contributed by atoms with Gasteiger partial charge < -0.3 is 19.7 Å². The molecule has 0 aliphatic carbocycles. The van der Waals surface area contributed by atoms with Gasteiger partial charge in [0.25, 0.3) is 0 Å². The molecule has 148 valence electrons. The molecule has 6 nitrogen and oxygen atoms in total. The van der Waals surface area contributed by atoms with E-state index in [1.807, 2.05) is 0 Å². The number of rotatable bonds is 6. The molecule has 1 atom stereocenters. The van der Waals surface area contributed by atoms with Crippen molar-refractivity contribution < 1.29 is 27.8 Å². The number of benzene rings is 2. The molecule has 2 aromatic carbocycles. The van der Waals surface area contributed by atoms with Crippen molar-refractivity contribution in [2.45, 2.75) is 13.0 Å². The minimum absolute atomic E-state index is 0.0107. The molecule has 1 heterocycles. The average Bonchev–Trinajstić information content (AvgIpc) is 3.09. The normalized spacial score (nSPS) is 16.2. The van der Waals surface area contributed by atoms with E-state index < -0.39 is 17.6 Å². The van der Waals surface area contributed by atoms with Crippen LogP contribution in [0.4, 0.5) is 14.5 Å². The first-order valence-electron chi connectivity index (χ1n) is 8.67. The molecule has 0 saturated carbocycles. The van der Waals surface area contributed by atoms with Crippen molar-refractivity contribution in [1.29, 1.82) is 0 Å². The summed E-state index contributed by atoms with van der Waals surface area (Å²) in [4.78, 5) is 26.0. The summed E-state index contributed by atoms with van der Waals surface area (Å²) in [7, 11) is 3.06. The molecule has 2 aromatic rings. The largest absolute Gasteiger partial charge is 0.493 e. The Balaban J connectivity index is 1.62. The zero-order chi connectivity index (χ0) is 20.3. The third kappa shape index (κ3) is 4.05. The van der Waals surface area contributed by atoms with E-state index in [2.05, 4.69) is 5.32 Å². The molecule has 0 aromatic heterocycles. The van der Waals surface area contributed by atoms with Crippen LogP contribution in [0.1, 0.15) is 12.0 Å². The quantitative estimate of drug-likeness (QED) is 0.824. The summed E-state index contributed by atoms with van der Waals surface area (Å²) >= 11 is 0. The van der Waals surface area contributed by atoms with Gasteiger partial charge in [-0.1, -0.05) is 6.07 Å². The molecule has 1 unspecified atom stereocenters. The van der Waals surface area contributed by atoms with Gasteiger partial charge in [-0.3, -0.25) is 9.59 Å². The maximum absolute atomic E-state index is 13.4. The van der Waals surface area contributed by atoms with E-state index in [9.17, 15) is 18.4 Å². The summed E-state index contributed by atoms with van der Waals surface area (Å²) in [6, 6.07) is 8.53. The van der Waals surface area contributed by atoms with Gasteiger partial charge in [0.05, 0.1) is 20.1 Å². The maximum Gasteiger partial charge on any atom is 0.227 e. The highest BCUT2D eigenvalue weighted by Gasteiger charge is 2.35. The SMILES string of the molecule is COc1ccc(CNC(=O)C2CC(=O)N(c3ccc(F)c(F)c3)C2)cc1OC. The van der Waals surface area contributed by atoms with Crippen LogP contribution in [0.3, 0.4) is 0 Å². The second-order valence-corrected chi connectivity index (χ2v) is 6.41. The first-order chi connectivity index (χ1) is 13.4. The Morgan fingerprint density at radius 3 is 2.54 bits per heavy atom. The van der Waals surface area contributed by atoms with Gasteiger partial charge in [-0.05, 0) is 29.8 Å². The minimum Gasteiger partial charge on any atom is -0.493 e. The number of methoxy groups -OCH3 is 2. The van der Waals surface area contributed by atoms with E-state index in [0.717, 1.165) is 17.7 Å².